The Bertz CT molecular complexity index is 394. The Morgan fingerprint density at radius 3 is 2.57 bits per heavy atom. The normalized spacial score (nSPS) is 25.6. The molecule has 3 N–H and O–H groups in total. The summed E-state index contributed by atoms with van der Waals surface area (Å²) in [6.07, 6.45) is 8.54. The number of guanidine groups is 1. The molecule has 5 nitrogen and oxygen atoms in total. The standard InChI is InChI=1S/C16H30N4OS.HI/c1-16(9-6-10-22-16)12-19-15(17-2)18-11-14(21)20-13-7-4-3-5-8-13;/h13H,3-12H2,1-2H3,(H,20,21)(H2,17,18,19);1H. The second-order valence-electron chi connectivity index (χ2n) is 6.58. The van der Waals surface area contributed by atoms with Crippen LogP contribution in [0.1, 0.15) is 51.9 Å². The van der Waals surface area contributed by atoms with Crippen molar-refractivity contribution < 1.29 is 4.79 Å². The van der Waals surface area contributed by atoms with Crippen LogP contribution in [0.15, 0.2) is 4.99 Å². The monoisotopic (exact) mass is 454 g/mol. The van der Waals surface area contributed by atoms with Gasteiger partial charge in [-0.3, -0.25) is 9.79 Å². The van der Waals surface area contributed by atoms with E-state index < -0.39 is 0 Å². The van der Waals surface area contributed by atoms with Crippen molar-refractivity contribution in [2.24, 2.45) is 4.99 Å². The third-order valence-corrected chi connectivity index (χ3v) is 6.08. The lowest BCUT2D eigenvalue weighted by atomic mass is 9.95. The van der Waals surface area contributed by atoms with Gasteiger partial charge in [0.2, 0.25) is 5.91 Å². The van der Waals surface area contributed by atoms with E-state index in [-0.39, 0.29) is 29.9 Å². The van der Waals surface area contributed by atoms with Crippen LogP contribution < -0.4 is 16.0 Å². The summed E-state index contributed by atoms with van der Waals surface area (Å²) in [5.74, 6) is 2.03. The van der Waals surface area contributed by atoms with E-state index in [2.05, 4.69) is 27.9 Å². The highest BCUT2D eigenvalue weighted by molar-refractivity contribution is 14.0. The molecule has 2 rings (SSSR count). The topological polar surface area (TPSA) is 65.5 Å². The van der Waals surface area contributed by atoms with Crippen molar-refractivity contribution in [3.05, 3.63) is 0 Å². The summed E-state index contributed by atoms with van der Waals surface area (Å²) in [6, 6.07) is 0.367. The Balaban J connectivity index is 0.00000264. The summed E-state index contributed by atoms with van der Waals surface area (Å²) in [7, 11) is 1.75. The van der Waals surface area contributed by atoms with Crippen molar-refractivity contribution in [2.45, 2.75) is 62.7 Å². The molecule has 1 heterocycles. The molecule has 0 aromatic carbocycles. The van der Waals surface area contributed by atoms with Crippen molar-refractivity contribution in [1.82, 2.24) is 16.0 Å². The SMILES string of the molecule is CN=C(NCC(=O)NC1CCCCC1)NCC1(C)CCCS1.I. The lowest BCUT2D eigenvalue weighted by Crippen LogP contribution is -2.48. The summed E-state index contributed by atoms with van der Waals surface area (Å²) in [6.45, 7) is 3.47. The number of nitrogens with one attached hydrogen (secondary N) is 3. The molecule has 0 radical (unpaired) electrons. The number of aliphatic imine (C=N–C) groups is 1. The van der Waals surface area contributed by atoms with Crippen LogP contribution >= 0.6 is 35.7 Å². The molecule has 1 unspecified atom stereocenters. The number of carbonyl (C=O) groups is 1. The lowest BCUT2D eigenvalue weighted by Gasteiger charge is -2.25. The highest BCUT2D eigenvalue weighted by Crippen LogP contribution is 2.36. The minimum absolute atomic E-state index is 0. The molecular weight excluding hydrogens is 423 g/mol. The fourth-order valence-corrected chi connectivity index (χ4v) is 4.40. The largest absolute Gasteiger partial charge is 0.355 e. The second kappa shape index (κ2) is 10.6. The molecule has 7 heteroatoms. The van der Waals surface area contributed by atoms with Crippen molar-refractivity contribution >= 4 is 47.6 Å². The number of nitrogens with zero attached hydrogens (tertiary/aromatic N) is 1. The number of hydrogen-bond donors (Lipinski definition) is 3. The van der Waals surface area contributed by atoms with Gasteiger partial charge in [0.25, 0.3) is 0 Å². The Labute approximate surface area is 161 Å². The Morgan fingerprint density at radius 1 is 1.22 bits per heavy atom. The molecular formula is C16H31IN4OS. The van der Waals surface area contributed by atoms with Crippen LogP contribution in [0.5, 0.6) is 0 Å². The van der Waals surface area contributed by atoms with Crippen molar-refractivity contribution in [1.29, 1.82) is 0 Å². The van der Waals surface area contributed by atoms with Crippen LogP contribution in [0.4, 0.5) is 0 Å². The first-order chi connectivity index (χ1) is 10.6. The molecule has 1 saturated heterocycles. The van der Waals surface area contributed by atoms with Gasteiger partial charge < -0.3 is 16.0 Å². The van der Waals surface area contributed by atoms with E-state index in [1.165, 1.54) is 37.9 Å². The molecule has 1 atom stereocenters. The Hall–Kier alpha value is -0.180. The zero-order valence-electron chi connectivity index (χ0n) is 14.3. The smallest absolute Gasteiger partial charge is 0.239 e. The van der Waals surface area contributed by atoms with E-state index >= 15 is 0 Å². The van der Waals surface area contributed by atoms with Crippen molar-refractivity contribution in [3.63, 3.8) is 0 Å². The molecule has 134 valence electrons. The molecule has 1 aliphatic carbocycles. The fraction of sp³-hybridized carbons (Fsp3) is 0.875. The first kappa shape index (κ1) is 20.9. The quantitative estimate of drug-likeness (QED) is 0.339. The van der Waals surface area contributed by atoms with E-state index in [1.54, 1.807) is 7.05 Å². The highest BCUT2D eigenvalue weighted by Gasteiger charge is 2.29. The Morgan fingerprint density at radius 2 is 1.96 bits per heavy atom. The van der Waals surface area contributed by atoms with Gasteiger partial charge in [-0.1, -0.05) is 19.3 Å². The predicted molar refractivity (Wildman–Crippen MR) is 110 cm³/mol. The van der Waals surface area contributed by atoms with Gasteiger partial charge in [-0.2, -0.15) is 11.8 Å². The number of carbonyl (C=O) groups excluding carboxylic acids is 1. The fourth-order valence-electron chi connectivity index (χ4n) is 3.16. The van der Waals surface area contributed by atoms with Crippen LogP contribution in [-0.4, -0.2) is 48.5 Å². The molecule has 1 aliphatic heterocycles. The third kappa shape index (κ3) is 7.49. The molecule has 0 spiro atoms. The van der Waals surface area contributed by atoms with E-state index in [1.807, 2.05) is 11.8 Å². The van der Waals surface area contributed by atoms with Gasteiger partial charge in [-0.25, -0.2) is 0 Å². The molecule has 0 aromatic heterocycles. The first-order valence-electron chi connectivity index (χ1n) is 8.49. The summed E-state index contributed by atoms with van der Waals surface area (Å²) in [5, 5.41) is 9.58. The summed E-state index contributed by atoms with van der Waals surface area (Å²) in [5.41, 5.74) is 0. The summed E-state index contributed by atoms with van der Waals surface area (Å²) in [4.78, 5) is 16.2. The number of thioether (sulfide) groups is 1. The number of rotatable bonds is 5. The minimum Gasteiger partial charge on any atom is -0.355 e. The maximum absolute atomic E-state index is 12.0. The number of amides is 1. The molecule has 1 amide bonds. The minimum atomic E-state index is 0. The van der Waals surface area contributed by atoms with Crippen LogP contribution in [0.3, 0.4) is 0 Å². The van der Waals surface area contributed by atoms with E-state index in [4.69, 9.17) is 0 Å². The van der Waals surface area contributed by atoms with Crippen LogP contribution in [0.25, 0.3) is 0 Å². The van der Waals surface area contributed by atoms with Gasteiger partial charge in [0, 0.05) is 24.4 Å². The molecule has 2 fully saturated rings. The van der Waals surface area contributed by atoms with E-state index in [0.717, 1.165) is 19.4 Å². The maximum atomic E-state index is 12.0. The zero-order chi connectivity index (χ0) is 15.8. The average Bonchev–Trinajstić information content (AvgIpc) is 2.95. The van der Waals surface area contributed by atoms with E-state index in [9.17, 15) is 4.79 Å². The molecule has 0 bridgehead atoms. The molecule has 0 aromatic rings. The van der Waals surface area contributed by atoms with Gasteiger partial charge in [-0.15, -0.1) is 24.0 Å². The summed E-state index contributed by atoms with van der Waals surface area (Å²) >= 11 is 2.02. The van der Waals surface area contributed by atoms with Gasteiger partial charge in [-0.05, 0) is 38.4 Å². The molecule has 1 saturated carbocycles. The third-order valence-electron chi connectivity index (χ3n) is 4.54. The molecule has 2 aliphatic rings. The van der Waals surface area contributed by atoms with Gasteiger partial charge in [0.05, 0.1) is 6.54 Å². The van der Waals surface area contributed by atoms with Crippen LogP contribution in [-0.2, 0) is 4.79 Å². The Kier molecular flexibility index (Phi) is 9.65. The van der Waals surface area contributed by atoms with Gasteiger partial charge >= 0.3 is 0 Å². The molecule has 23 heavy (non-hydrogen) atoms. The second-order valence-corrected chi connectivity index (χ2v) is 8.27. The van der Waals surface area contributed by atoms with Crippen molar-refractivity contribution in [3.8, 4) is 0 Å². The lowest BCUT2D eigenvalue weighted by molar-refractivity contribution is -0.120. The van der Waals surface area contributed by atoms with E-state index in [0.29, 0.717) is 23.3 Å². The first-order valence-corrected chi connectivity index (χ1v) is 9.48. The predicted octanol–water partition coefficient (Wildman–Crippen LogP) is 2.50. The average molecular weight is 454 g/mol. The summed E-state index contributed by atoms with van der Waals surface area (Å²) < 4.78 is 0.294. The van der Waals surface area contributed by atoms with Gasteiger partial charge in [0.1, 0.15) is 0 Å². The van der Waals surface area contributed by atoms with Gasteiger partial charge in [0.15, 0.2) is 5.96 Å². The highest BCUT2D eigenvalue weighted by atomic mass is 127. The maximum Gasteiger partial charge on any atom is 0.239 e. The van der Waals surface area contributed by atoms with Crippen molar-refractivity contribution in [2.75, 3.05) is 25.9 Å². The number of hydrogen-bond acceptors (Lipinski definition) is 3. The number of halogens is 1. The zero-order valence-corrected chi connectivity index (χ0v) is 17.5. The van der Waals surface area contributed by atoms with Crippen LogP contribution in [0, 0.1) is 0 Å². The van der Waals surface area contributed by atoms with Crippen LogP contribution in [0.2, 0.25) is 0 Å².